The Morgan fingerprint density at radius 3 is 2.72 bits per heavy atom. The van der Waals surface area contributed by atoms with E-state index in [1.54, 1.807) is 0 Å². The Morgan fingerprint density at radius 1 is 1.22 bits per heavy atom. The molecule has 0 saturated carbocycles. The molecule has 2 rings (SSSR count). The van der Waals surface area contributed by atoms with Crippen molar-refractivity contribution in [3.63, 3.8) is 0 Å². The van der Waals surface area contributed by atoms with Crippen molar-refractivity contribution in [1.82, 2.24) is 4.98 Å². The maximum Gasteiger partial charge on any atom is 0.0737 e. The Morgan fingerprint density at radius 2 is 2.00 bits per heavy atom. The number of hydrogen-bond acceptors (Lipinski definition) is 2. The topological polar surface area (TPSA) is 24.9 Å². The Hall–Kier alpha value is -1.28. The SMILES string of the molecule is CC(C)(C)CCNc1ccnc2cc(Cl)ccc12. The van der Waals surface area contributed by atoms with E-state index in [0.29, 0.717) is 5.41 Å². The molecule has 1 aromatic carbocycles. The molecule has 0 atom stereocenters. The van der Waals surface area contributed by atoms with Crippen LogP contribution in [-0.4, -0.2) is 11.5 Å². The maximum atomic E-state index is 5.97. The quantitative estimate of drug-likeness (QED) is 0.864. The fraction of sp³-hybridized carbons (Fsp3) is 0.400. The van der Waals surface area contributed by atoms with Crippen LogP contribution < -0.4 is 5.32 Å². The number of rotatable bonds is 3. The summed E-state index contributed by atoms with van der Waals surface area (Å²) in [4.78, 5) is 4.34. The summed E-state index contributed by atoms with van der Waals surface area (Å²) < 4.78 is 0. The molecule has 96 valence electrons. The summed E-state index contributed by atoms with van der Waals surface area (Å²) in [6, 6.07) is 7.83. The summed E-state index contributed by atoms with van der Waals surface area (Å²) in [5, 5.41) is 5.33. The highest BCUT2D eigenvalue weighted by Gasteiger charge is 2.09. The maximum absolute atomic E-state index is 5.97. The van der Waals surface area contributed by atoms with Crippen LogP contribution in [0.15, 0.2) is 30.5 Å². The molecule has 1 aromatic heterocycles. The minimum Gasteiger partial charge on any atom is -0.384 e. The van der Waals surface area contributed by atoms with Crippen LogP contribution in [0.25, 0.3) is 10.9 Å². The molecule has 2 nitrogen and oxygen atoms in total. The minimum absolute atomic E-state index is 0.346. The molecule has 0 unspecified atom stereocenters. The van der Waals surface area contributed by atoms with Gasteiger partial charge in [0.05, 0.1) is 5.52 Å². The van der Waals surface area contributed by atoms with E-state index in [2.05, 4.69) is 31.1 Å². The highest BCUT2D eigenvalue weighted by Crippen LogP contribution is 2.25. The molecule has 0 aliphatic carbocycles. The fourth-order valence-corrected chi connectivity index (χ4v) is 2.01. The number of nitrogens with zero attached hydrogens (tertiary/aromatic N) is 1. The van der Waals surface area contributed by atoms with Gasteiger partial charge < -0.3 is 5.32 Å². The highest BCUT2D eigenvalue weighted by molar-refractivity contribution is 6.31. The van der Waals surface area contributed by atoms with E-state index < -0.39 is 0 Å². The molecular weight excluding hydrogens is 244 g/mol. The van der Waals surface area contributed by atoms with Crippen molar-refractivity contribution < 1.29 is 0 Å². The number of aromatic nitrogens is 1. The van der Waals surface area contributed by atoms with Crippen molar-refractivity contribution in [3.05, 3.63) is 35.5 Å². The second-order valence-electron chi connectivity index (χ2n) is 5.76. The van der Waals surface area contributed by atoms with Gasteiger partial charge in [-0.2, -0.15) is 0 Å². The molecule has 0 spiro atoms. The number of fused-ring (bicyclic) bond motifs is 1. The van der Waals surface area contributed by atoms with Gasteiger partial charge in [0.25, 0.3) is 0 Å². The first kappa shape index (κ1) is 13.2. The first-order valence-corrected chi connectivity index (χ1v) is 6.62. The first-order valence-electron chi connectivity index (χ1n) is 6.24. The van der Waals surface area contributed by atoms with Crippen LogP contribution in [0.4, 0.5) is 5.69 Å². The van der Waals surface area contributed by atoms with Crippen LogP contribution in [0.5, 0.6) is 0 Å². The van der Waals surface area contributed by atoms with E-state index in [0.717, 1.165) is 34.6 Å². The number of halogens is 1. The Kier molecular flexibility index (Phi) is 3.76. The lowest BCUT2D eigenvalue weighted by molar-refractivity contribution is 0.390. The molecule has 0 fully saturated rings. The average molecular weight is 263 g/mol. The van der Waals surface area contributed by atoms with Crippen molar-refractivity contribution in [2.75, 3.05) is 11.9 Å². The summed E-state index contributed by atoms with van der Waals surface area (Å²) in [7, 11) is 0. The average Bonchev–Trinajstić information content (AvgIpc) is 2.27. The van der Waals surface area contributed by atoms with Crippen LogP contribution in [0.3, 0.4) is 0 Å². The van der Waals surface area contributed by atoms with Gasteiger partial charge in [-0.3, -0.25) is 4.98 Å². The molecule has 18 heavy (non-hydrogen) atoms. The predicted octanol–water partition coefficient (Wildman–Crippen LogP) is 4.74. The highest BCUT2D eigenvalue weighted by atomic mass is 35.5. The molecule has 0 saturated heterocycles. The van der Waals surface area contributed by atoms with Crippen molar-refractivity contribution >= 4 is 28.2 Å². The number of anilines is 1. The minimum atomic E-state index is 0.346. The largest absolute Gasteiger partial charge is 0.384 e. The summed E-state index contributed by atoms with van der Waals surface area (Å²) in [6.45, 7) is 7.71. The first-order chi connectivity index (χ1) is 8.46. The van der Waals surface area contributed by atoms with Gasteiger partial charge in [-0.05, 0) is 36.1 Å². The Labute approximate surface area is 113 Å². The number of benzene rings is 1. The lowest BCUT2D eigenvalue weighted by Gasteiger charge is -2.19. The number of hydrogen-bond donors (Lipinski definition) is 1. The molecule has 0 bridgehead atoms. The molecule has 0 aliphatic heterocycles. The second kappa shape index (κ2) is 5.15. The molecule has 1 heterocycles. The van der Waals surface area contributed by atoms with Crippen LogP contribution in [0.1, 0.15) is 27.2 Å². The summed E-state index contributed by atoms with van der Waals surface area (Å²) in [6.07, 6.45) is 2.95. The molecule has 0 radical (unpaired) electrons. The summed E-state index contributed by atoms with van der Waals surface area (Å²) in [5.74, 6) is 0. The van der Waals surface area contributed by atoms with E-state index in [4.69, 9.17) is 11.6 Å². The van der Waals surface area contributed by atoms with Gasteiger partial charge in [0.2, 0.25) is 0 Å². The van der Waals surface area contributed by atoms with E-state index in [-0.39, 0.29) is 0 Å². The van der Waals surface area contributed by atoms with E-state index in [1.807, 2.05) is 30.5 Å². The Bertz CT molecular complexity index is 544. The second-order valence-corrected chi connectivity index (χ2v) is 6.19. The molecule has 1 N–H and O–H groups in total. The third-order valence-electron chi connectivity index (χ3n) is 2.90. The molecule has 3 heteroatoms. The zero-order valence-electron chi connectivity index (χ0n) is 11.1. The number of pyridine rings is 1. The number of nitrogens with one attached hydrogen (secondary N) is 1. The third-order valence-corrected chi connectivity index (χ3v) is 3.13. The normalized spacial score (nSPS) is 11.8. The van der Waals surface area contributed by atoms with Crippen molar-refractivity contribution in [3.8, 4) is 0 Å². The van der Waals surface area contributed by atoms with Crippen molar-refractivity contribution in [2.45, 2.75) is 27.2 Å². The van der Waals surface area contributed by atoms with E-state index >= 15 is 0 Å². The summed E-state index contributed by atoms with van der Waals surface area (Å²) in [5.41, 5.74) is 2.41. The van der Waals surface area contributed by atoms with E-state index in [9.17, 15) is 0 Å². The van der Waals surface area contributed by atoms with Gasteiger partial charge in [0, 0.05) is 28.8 Å². The molecule has 2 aromatic rings. The third kappa shape index (κ3) is 3.36. The molecule has 0 aliphatic rings. The van der Waals surface area contributed by atoms with Crippen LogP contribution in [-0.2, 0) is 0 Å². The van der Waals surface area contributed by atoms with Gasteiger partial charge in [0.1, 0.15) is 0 Å². The molecule has 0 amide bonds. The van der Waals surface area contributed by atoms with Gasteiger partial charge >= 0.3 is 0 Å². The smallest absolute Gasteiger partial charge is 0.0737 e. The zero-order chi connectivity index (χ0) is 13.2. The summed E-state index contributed by atoms with van der Waals surface area (Å²) >= 11 is 5.97. The zero-order valence-corrected chi connectivity index (χ0v) is 11.9. The van der Waals surface area contributed by atoms with Crippen LogP contribution in [0, 0.1) is 5.41 Å². The van der Waals surface area contributed by atoms with Gasteiger partial charge in [-0.15, -0.1) is 0 Å². The van der Waals surface area contributed by atoms with E-state index in [1.165, 1.54) is 0 Å². The fourth-order valence-electron chi connectivity index (χ4n) is 1.85. The lowest BCUT2D eigenvalue weighted by Crippen LogP contribution is -2.13. The van der Waals surface area contributed by atoms with Crippen LogP contribution in [0.2, 0.25) is 5.02 Å². The van der Waals surface area contributed by atoms with Gasteiger partial charge in [-0.25, -0.2) is 0 Å². The predicted molar refractivity (Wildman–Crippen MR) is 79.3 cm³/mol. The van der Waals surface area contributed by atoms with Gasteiger partial charge in [-0.1, -0.05) is 32.4 Å². The lowest BCUT2D eigenvalue weighted by atomic mass is 9.92. The van der Waals surface area contributed by atoms with Crippen molar-refractivity contribution in [2.24, 2.45) is 5.41 Å². The standard InChI is InChI=1S/C15H19ClN2/c1-15(2,3)7-9-18-13-6-8-17-14-10-11(16)4-5-12(13)14/h4-6,8,10H,7,9H2,1-3H3,(H,17,18). The van der Waals surface area contributed by atoms with Crippen molar-refractivity contribution in [1.29, 1.82) is 0 Å². The Balaban J connectivity index is 2.18. The van der Waals surface area contributed by atoms with Gasteiger partial charge in [0.15, 0.2) is 0 Å². The monoisotopic (exact) mass is 262 g/mol. The molecular formula is C15H19ClN2. The van der Waals surface area contributed by atoms with Crippen LogP contribution >= 0.6 is 11.6 Å².